The minimum atomic E-state index is -0.129. The fraction of sp³-hybridized carbons (Fsp3) is 0. The molecule has 0 aromatic heterocycles. The van der Waals surface area contributed by atoms with Gasteiger partial charge in [-0.2, -0.15) is 0 Å². The van der Waals surface area contributed by atoms with Crippen LogP contribution in [-0.2, 0) is 0 Å². The Morgan fingerprint density at radius 2 is 1.57 bits per heavy atom. The van der Waals surface area contributed by atoms with E-state index in [-0.39, 0.29) is 5.91 Å². The zero-order valence-corrected chi connectivity index (χ0v) is 13.5. The van der Waals surface area contributed by atoms with Crippen molar-refractivity contribution in [3.05, 3.63) is 70.7 Å². The molecule has 2 nitrogen and oxygen atoms in total. The lowest BCUT2D eigenvalue weighted by molar-refractivity contribution is 0.102. The van der Waals surface area contributed by atoms with Crippen LogP contribution in [0.25, 0.3) is 10.8 Å². The minimum absolute atomic E-state index is 0.129. The Morgan fingerprint density at radius 3 is 2.29 bits per heavy atom. The third kappa shape index (κ3) is 2.96. The number of nitrogens with one attached hydrogen (secondary N) is 1. The number of hydrogen-bond donors (Lipinski definition) is 2. The predicted octanol–water partition coefficient (Wildman–Crippen LogP) is 5.14. The number of halogens is 1. The van der Waals surface area contributed by atoms with Gasteiger partial charge in [-0.25, -0.2) is 0 Å². The molecule has 0 heterocycles. The van der Waals surface area contributed by atoms with Gasteiger partial charge in [0.05, 0.1) is 0 Å². The average Bonchev–Trinajstić information content (AvgIpc) is 2.51. The van der Waals surface area contributed by atoms with Gasteiger partial charge in [-0.15, -0.1) is 12.6 Å². The molecule has 0 bridgehead atoms. The number of fused-ring (bicyclic) bond motifs is 1. The summed E-state index contributed by atoms with van der Waals surface area (Å²) in [5, 5.41) is 5.04. The van der Waals surface area contributed by atoms with Crippen molar-refractivity contribution < 1.29 is 4.79 Å². The smallest absolute Gasteiger partial charge is 0.255 e. The Bertz CT molecular complexity index is 815. The molecule has 0 aliphatic carbocycles. The van der Waals surface area contributed by atoms with Crippen molar-refractivity contribution in [2.24, 2.45) is 0 Å². The molecular weight excluding hydrogens is 346 g/mol. The molecule has 3 aromatic rings. The van der Waals surface area contributed by atoms with Crippen LogP contribution in [0.2, 0.25) is 0 Å². The Kier molecular flexibility index (Phi) is 3.99. The quantitative estimate of drug-likeness (QED) is 0.610. The number of carbonyl (C=O) groups excluding carboxylic acids is 1. The van der Waals surface area contributed by atoms with E-state index in [1.165, 1.54) is 0 Å². The number of hydrogen-bond acceptors (Lipinski definition) is 2. The van der Waals surface area contributed by atoms with Gasteiger partial charge in [-0.3, -0.25) is 4.79 Å². The number of carbonyl (C=O) groups is 1. The highest BCUT2D eigenvalue weighted by Gasteiger charge is 2.09. The van der Waals surface area contributed by atoms with Crippen molar-refractivity contribution in [2.75, 3.05) is 5.32 Å². The first-order valence-electron chi connectivity index (χ1n) is 6.43. The summed E-state index contributed by atoms with van der Waals surface area (Å²) in [6.45, 7) is 0. The topological polar surface area (TPSA) is 29.1 Å². The zero-order valence-electron chi connectivity index (χ0n) is 11.0. The molecule has 1 N–H and O–H groups in total. The van der Waals surface area contributed by atoms with Crippen LogP contribution in [0.1, 0.15) is 10.4 Å². The third-order valence-electron chi connectivity index (χ3n) is 3.25. The van der Waals surface area contributed by atoms with Gasteiger partial charge in [-0.05, 0) is 41.8 Å². The maximum Gasteiger partial charge on any atom is 0.255 e. The first-order chi connectivity index (χ1) is 10.1. The summed E-state index contributed by atoms with van der Waals surface area (Å²) in [5.41, 5.74) is 1.41. The highest BCUT2D eigenvalue weighted by molar-refractivity contribution is 9.10. The standard InChI is InChI=1S/C17H12BrNOS/c18-15-9-10-16(14-4-2-1-3-13(14)15)19-17(20)11-5-7-12(21)8-6-11/h1-10,21H,(H,19,20). The summed E-state index contributed by atoms with van der Waals surface area (Å²) in [4.78, 5) is 13.1. The first-order valence-corrected chi connectivity index (χ1v) is 7.67. The molecule has 0 radical (unpaired) electrons. The molecule has 4 heteroatoms. The van der Waals surface area contributed by atoms with E-state index in [1.54, 1.807) is 24.3 Å². The molecule has 3 aromatic carbocycles. The lowest BCUT2D eigenvalue weighted by Gasteiger charge is -2.10. The second-order valence-corrected chi connectivity index (χ2v) is 6.01. The lowest BCUT2D eigenvalue weighted by atomic mass is 10.1. The molecular formula is C17H12BrNOS. The van der Waals surface area contributed by atoms with Crippen molar-refractivity contribution in [3.63, 3.8) is 0 Å². The van der Waals surface area contributed by atoms with Crippen LogP contribution in [0.4, 0.5) is 5.69 Å². The van der Waals surface area contributed by atoms with Gasteiger partial charge in [0.1, 0.15) is 0 Å². The SMILES string of the molecule is O=C(Nc1ccc(Br)c2ccccc12)c1ccc(S)cc1. The lowest BCUT2D eigenvalue weighted by Crippen LogP contribution is -2.12. The number of rotatable bonds is 2. The van der Waals surface area contributed by atoms with Crippen molar-refractivity contribution >= 4 is 50.9 Å². The van der Waals surface area contributed by atoms with Gasteiger partial charge in [-0.1, -0.05) is 40.2 Å². The van der Waals surface area contributed by atoms with Gasteiger partial charge in [0.2, 0.25) is 0 Å². The van der Waals surface area contributed by atoms with Gasteiger partial charge >= 0.3 is 0 Å². The molecule has 3 rings (SSSR count). The summed E-state index contributed by atoms with van der Waals surface area (Å²) in [6, 6.07) is 18.9. The van der Waals surface area contributed by atoms with E-state index in [4.69, 9.17) is 0 Å². The third-order valence-corrected chi connectivity index (χ3v) is 4.24. The number of amides is 1. The summed E-state index contributed by atoms with van der Waals surface area (Å²) in [7, 11) is 0. The molecule has 0 atom stereocenters. The summed E-state index contributed by atoms with van der Waals surface area (Å²) < 4.78 is 1.01. The maximum atomic E-state index is 12.3. The van der Waals surface area contributed by atoms with E-state index in [2.05, 4.69) is 33.9 Å². The number of thiol groups is 1. The van der Waals surface area contributed by atoms with E-state index in [9.17, 15) is 4.79 Å². The average molecular weight is 358 g/mol. The summed E-state index contributed by atoms with van der Waals surface area (Å²) in [6.07, 6.45) is 0. The zero-order chi connectivity index (χ0) is 14.8. The maximum absolute atomic E-state index is 12.3. The van der Waals surface area contributed by atoms with Crippen molar-refractivity contribution in [2.45, 2.75) is 4.90 Å². The molecule has 104 valence electrons. The Morgan fingerprint density at radius 1 is 0.905 bits per heavy atom. The van der Waals surface area contributed by atoms with Crippen LogP contribution in [0.5, 0.6) is 0 Å². The highest BCUT2D eigenvalue weighted by Crippen LogP contribution is 2.30. The van der Waals surface area contributed by atoms with Crippen LogP contribution in [0.3, 0.4) is 0 Å². The molecule has 1 amide bonds. The van der Waals surface area contributed by atoms with E-state index >= 15 is 0 Å². The fourth-order valence-electron chi connectivity index (χ4n) is 2.18. The van der Waals surface area contributed by atoms with Crippen LogP contribution in [0.15, 0.2) is 70.0 Å². The largest absolute Gasteiger partial charge is 0.321 e. The van der Waals surface area contributed by atoms with Crippen molar-refractivity contribution in [3.8, 4) is 0 Å². The molecule has 0 spiro atoms. The van der Waals surface area contributed by atoms with E-state index in [0.29, 0.717) is 5.56 Å². The van der Waals surface area contributed by atoms with Gasteiger partial charge in [0.15, 0.2) is 0 Å². The minimum Gasteiger partial charge on any atom is -0.321 e. The molecule has 0 fully saturated rings. The molecule has 0 unspecified atom stereocenters. The Labute approximate surface area is 136 Å². The van der Waals surface area contributed by atoms with E-state index < -0.39 is 0 Å². The normalized spacial score (nSPS) is 10.6. The molecule has 0 aliphatic rings. The van der Waals surface area contributed by atoms with Crippen molar-refractivity contribution in [1.82, 2.24) is 0 Å². The van der Waals surface area contributed by atoms with Crippen LogP contribution in [0, 0.1) is 0 Å². The number of anilines is 1. The van der Waals surface area contributed by atoms with E-state index in [1.807, 2.05) is 36.4 Å². The van der Waals surface area contributed by atoms with E-state index in [0.717, 1.165) is 25.8 Å². The van der Waals surface area contributed by atoms with Gasteiger partial charge in [0, 0.05) is 26.0 Å². The second-order valence-electron chi connectivity index (χ2n) is 4.64. The Balaban J connectivity index is 1.97. The second kappa shape index (κ2) is 5.92. The van der Waals surface area contributed by atoms with Crippen LogP contribution >= 0.6 is 28.6 Å². The van der Waals surface area contributed by atoms with Gasteiger partial charge in [0.25, 0.3) is 5.91 Å². The van der Waals surface area contributed by atoms with Crippen molar-refractivity contribution in [1.29, 1.82) is 0 Å². The van der Waals surface area contributed by atoms with Gasteiger partial charge < -0.3 is 5.32 Å². The highest BCUT2D eigenvalue weighted by atomic mass is 79.9. The van der Waals surface area contributed by atoms with Crippen LogP contribution < -0.4 is 5.32 Å². The summed E-state index contributed by atoms with van der Waals surface area (Å²) >= 11 is 7.75. The fourth-order valence-corrected chi connectivity index (χ4v) is 2.81. The monoisotopic (exact) mass is 357 g/mol. The Hall–Kier alpha value is -1.78. The number of benzene rings is 3. The molecule has 0 aliphatic heterocycles. The first kappa shape index (κ1) is 14.2. The molecule has 21 heavy (non-hydrogen) atoms. The summed E-state index contributed by atoms with van der Waals surface area (Å²) in [5.74, 6) is -0.129. The van der Waals surface area contributed by atoms with Crippen LogP contribution in [-0.4, -0.2) is 5.91 Å². The molecule has 0 saturated heterocycles. The predicted molar refractivity (Wildman–Crippen MR) is 93.3 cm³/mol. The molecule has 0 saturated carbocycles.